The SMILES string of the molecule is CCN(CC(=O)Nc1cc(Cl)ccc1C)C(=O)CCCNC(=O)c1ccco1. The molecule has 2 aromatic rings. The second kappa shape index (κ2) is 10.5. The average molecular weight is 406 g/mol. The van der Waals surface area contributed by atoms with Crippen molar-refractivity contribution in [2.75, 3.05) is 25.0 Å². The molecular weight excluding hydrogens is 382 g/mol. The van der Waals surface area contributed by atoms with Gasteiger partial charge in [0.1, 0.15) is 0 Å². The molecule has 7 nitrogen and oxygen atoms in total. The molecule has 1 heterocycles. The van der Waals surface area contributed by atoms with E-state index >= 15 is 0 Å². The van der Waals surface area contributed by atoms with E-state index in [1.165, 1.54) is 11.2 Å². The number of anilines is 1. The van der Waals surface area contributed by atoms with Gasteiger partial charge in [0.05, 0.1) is 12.8 Å². The quantitative estimate of drug-likeness (QED) is 0.626. The number of hydrogen-bond acceptors (Lipinski definition) is 4. The van der Waals surface area contributed by atoms with Crippen molar-refractivity contribution in [3.05, 3.63) is 52.9 Å². The second-order valence-corrected chi connectivity index (χ2v) is 6.69. The van der Waals surface area contributed by atoms with Crippen molar-refractivity contribution >= 4 is 35.0 Å². The Bertz CT molecular complexity index is 821. The summed E-state index contributed by atoms with van der Waals surface area (Å²) >= 11 is 5.96. The molecule has 2 rings (SSSR count). The Morgan fingerprint density at radius 3 is 2.68 bits per heavy atom. The summed E-state index contributed by atoms with van der Waals surface area (Å²) in [6, 6.07) is 8.44. The standard InChI is InChI=1S/C20H24ClN3O4/c1-3-24(13-18(25)23-16-12-15(21)9-8-14(16)2)19(26)7-4-10-22-20(27)17-6-5-11-28-17/h5-6,8-9,11-12H,3-4,7,10,13H2,1-2H3,(H,22,27)(H,23,25). The third-order valence-electron chi connectivity index (χ3n) is 4.14. The highest BCUT2D eigenvalue weighted by Crippen LogP contribution is 2.20. The maximum absolute atomic E-state index is 12.4. The van der Waals surface area contributed by atoms with Crippen molar-refractivity contribution in [1.82, 2.24) is 10.2 Å². The van der Waals surface area contributed by atoms with Gasteiger partial charge in [0.15, 0.2) is 5.76 Å². The molecule has 1 aromatic carbocycles. The summed E-state index contributed by atoms with van der Waals surface area (Å²) in [4.78, 5) is 37.9. The zero-order valence-corrected chi connectivity index (χ0v) is 16.7. The van der Waals surface area contributed by atoms with Crippen LogP contribution in [0.3, 0.4) is 0 Å². The molecule has 0 atom stereocenters. The van der Waals surface area contributed by atoms with Gasteiger partial charge in [-0.1, -0.05) is 17.7 Å². The molecule has 0 unspecified atom stereocenters. The smallest absolute Gasteiger partial charge is 0.286 e. The molecule has 28 heavy (non-hydrogen) atoms. The lowest BCUT2D eigenvalue weighted by molar-refractivity contribution is -0.134. The number of furan rings is 1. The number of nitrogens with zero attached hydrogens (tertiary/aromatic N) is 1. The van der Waals surface area contributed by atoms with Crippen LogP contribution in [0.2, 0.25) is 5.02 Å². The van der Waals surface area contributed by atoms with Gasteiger partial charge >= 0.3 is 0 Å². The predicted molar refractivity (Wildman–Crippen MR) is 107 cm³/mol. The molecule has 0 aliphatic rings. The van der Waals surface area contributed by atoms with Crippen LogP contribution in [0, 0.1) is 6.92 Å². The molecule has 0 saturated carbocycles. The van der Waals surface area contributed by atoms with Crippen molar-refractivity contribution in [2.45, 2.75) is 26.7 Å². The van der Waals surface area contributed by atoms with E-state index in [9.17, 15) is 14.4 Å². The summed E-state index contributed by atoms with van der Waals surface area (Å²) in [5, 5.41) is 6.00. The molecule has 1 aromatic heterocycles. The lowest BCUT2D eigenvalue weighted by Gasteiger charge is -2.21. The van der Waals surface area contributed by atoms with E-state index in [2.05, 4.69) is 10.6 Å². The largest absolute Gasteiger partial charge is 0.459 e. The summed E-state index contributed by atoms with van der Waals surface area (Å²) in [5.74, 6) is -0.519. The van der Waals surface area contributed by atoms with E-state index in [1.807, 2.05) is 19.9 Å². The number of aryl methyl sites for hydroxylation is 1. The van der Waals surface area contributed by atoms with Crippen LogP contribution in [0.15, 0.2) is 41.0 Å². The first-order valence-electron chi connectivity index (χ1n) is 9.06. The maximum Gasteiger partial charge on any atom is 0.286 e. The van der Waals surface area contributed by atoms with Crippen LogP contribution < -0.4 is 10.6 Å². The average Bonchev–Trinajstić information content (AvgIpc) is 3.20. The number of rotatable bonds is 9. The van der Waals surface area contributed by atoms with Crippen LogP contribution >= 0.6 is 11.6 Å². The number of nitrogens with one attached hydrogen (secondary N) is 2. The Balaban J connectivity index is 1.76. The van der Waals surface area contributed by atoms with E-state index in [0.29, 0.717) is 30.2 Å². The number of halogens is 1. The highest BCUT2D eigenvalue weighted by molar-refractivity contribution is 6.31. The number of benzene rings is 1. The van der Waals surface area contributed by atoms with Gasteiger partial charge in [0.25, 0.3) is 5.91 Å². The van der Waals surface area contributed by atoms with Crippen LogP contribution in [0.5, 0.6) is 0 Å². The molecule has 0 aliphatic heterocycles. The fraction of sp³-hybridized carbons (Fsp3) is 0.350. The molecule has 0 saturated heterocycles. The third kappa shape index (κ3) is 6.42. The Kier molecular flexibility index (Phi) is 8.07. The summed E-state index contributed by atoms with van der Waals surface area (Å²) < 4.78 is 5.00. The summed E-state index contributed by atoms with van der Waals surface area (Å²) in [5.41, 5.74) is 1.51. The van der Waals surface area contributed by atoms with Crippen molar-refractivity contribution in [3.8, 4) is 0 Å². The van der Waals surface area contributed by atoms with Crippen LogP contribution in [-0.4, -0.2) is 42.3 Å². The van der Waals surface area contributed by atoms with Gasteiger partial charge in [-0.25, -0.2) is 0 Å². The topological polar surface area (TPSA) is 91.7 Å². The third-order valence-corrected chi connectivity index (χ3v) is 4.38. The Morgan fingerprint density at radius 2 is 2.00 bits per heavy atom. The summed E-state index contributed by atoms with van der Waals surface area (Å²) in [6.45, 7) is 4.40. The number of likely N-dealkylation sites (N-methyl/N-ethyl adjacent to an activating group) is 1. The van der Waals surface area contributed by atoms with Gasteiger partial charge in [-0.3, -0.25) is 14.4 Å². The number of hydrogen-bond donors (Lipinski definition) is 2. The van der Waals surface area contributed by atoms with Crippen LogP contribution in [0.25, 0.3) is 0 Å². The Morgan fingerprint density at radius 1 is 1.21 bits per heavy atom. The predicted octanol–water partition coefficient (Wildman–Crippen LogP) is 3.24. The van der Waals surface area contributed by atoms with Crippen molar-refractivity contribution in [3.63, 3.8) is 0 Å². The maximum atomic E-state index is 12.4. The monoisotopic (exact) mass is 405 g/mol. The highest BCUT2D eigenvalue weighted by Gasteiger charge is 2.16. The van der Waals surface area contributed by atoms with E-state index in [4.69, 9.17) is 16.0 Å². The van der Waals surface area contributed by atoms with Crippen molar-refractivity contribution in [2.24, 2.45) is 0 Å². The number of carbonyl (C=O) groups is 3. The minimum atomic E-state index is -0.318. The second-order valence-electron chi connectivity index (χ2n) is 6.25. The molecular formula is C20H24ClN3O4. The molecule has 0 radical (unpaired) electrons. The first kappa shape index (κ1) is 21.5. The first-order valence-corrected chi connectivity index (χ1v) is 9.44. The van der Waals surface area contributed by atoms with Gasteiger partial charge in [0.2, 0.25) is 11.8 Å². The van der Waals surface area contributed by atoms with Crippen LogP contribution in [-0.2, 0) is 9.59 Å². The van der Waals surface area contributed by atoms with Gasteiger partial charge < -0.3 is 20.0 Å². The molecule has 0 spiro atoms. The molecule has 3 amide bonds. The minimum Gasteiger partial charge on any atom is -0.459 e. The number of carbonyl (C=O) groups excluding carboxylic acids is 3. The molecule has 0 aliphatic carbocycles. The van der Waals surface area contributed by atoms with Gasteiger partial charge in [0, 0.05) is 30.2 Å². The fourth-order valence-corrected chi connectivity index (χ4v) is 2.73. The van der Waals surface area contributed by atoms with Crippen molar-refractivity contribution in [1.29, 1.82) is 0 Å². The molecule has 0 fully saturated rings. The lowest BCUT2D eigenvalue weighted by atomic mass is 10.2. The molecule has 2 N–H and O–H groups in total. The van der Waals surface area contributed by atoms with Gasteiger partial charge in [-0.15, -0.1) is 0 Å². The fourth-order valence-electron chi connectivity index (χ4n) is 2.56. The first-order chi connectivity index (χ1) is 13.4. The van der Waals surface area contributed by atoms with E-state index < -0.39 is 0 Å². The van der Waals surface area contributed by atoms with E-state index in [0.717, 1.165) is 5.56 Å². The Hall–Kier alpha value is -2.80. The van der Waals surface area contributed by atoms with Crippen LogP contribution in [0.4, 0.5) is 5.69 Å². The normalized spacial score (nSPS) is 10.4. The van der Waals surface area contributed by atoms with Crippen molar-refractivity contribution < 1.29 is 18.8 Å². The van der Waals surface area contributed by atoms with E-state index in [-0.39, 0.29) is 36.4 Å². The molecule has 0 bridgehead atoms. The van der Waals surface area contributed by atoms with Gasteiger partial charge in [-0.2, -0.15) is 0 Å². The van der Waals surface area contributed by atoms with E-state index in [1.54, 1.807) is 24.3 Å². The minimum absolute atomic E-state index is 0.0416. The molecule has 150 valence electrons. The van der Waals surface area contributed by atoms with Gasteiger partial charge in [-0.05, 0) is 50.1 Å². The summed E-state index contributed by atoms with van der Waals surface area (Å²) in [6.07, 6.45) is 2.13. The van der Waals surface area contributed by atoms with Crippen LogP contribution in [0.1, 0.15) is 35.9 Å². The summed E-state index contributed by atoms with van der Waals surface area (Å²) in [7, 11) is 0. The zero-order valence-electron chi connectivity index (χ0n) is 16.0. The Labute approximate surface area is 169 Å². The molecule has 8 heteroatoms. The lowest BCUT2D eigenvalue weighted by Crippen LogP contribution is -2.38. The zero-order chi connectivity index (χ0) is 20.5. The number of amides is 3. The highest BCUT2D eigenvalue weighted by atomic mass is 35.5.